The average Bonchev–Trinajstić information content (AvgIpc) is 3.21. The summed E-state index contributed by atoms with van der Waals surface area (Å²) in [6, 6.07) is 3.78. The van der Waals surface area contributed by atoms with Crippen molar-refractivity contribution < 1.29 is 9.53 Å². The van der Waals surface area contributed by atoms with E-state index >= 15 is 0 Å². The second kappa shape index (κ2) is 6.93. The number of rotatable bonds is 3. The predicted molar refractivity (Wildman–Crippen MR) is 103 cm³/mol. The first-order valence-corrected chi connectivity index (χ1v) is 9.13. The first-order valence-electron chi connectivity index (χ1n) is 7.88. The van der Waals surface area contributed by atoms with Crippen LogP contribution in [0.5, 0.6) is 5.75 Å². The number of nitrogens with one attached hydrogen (secondary N) is 1. The van der Waals surface area contributed by atoms with E-state index in [2.05, 4.69) is 25.4 Å². The zero-order valence-corrected chi connectivity index (χ0v) is 15.9. The number of thiazole rings is 1. The number of halogens is 1. The topological polar surface area (TPSA) is 94.8 Å². The number of hydrogen-bond acceptors (Lipinski definition) is 7. The fourth-order valence-electron chi connectivity index (χ4n) is 2.54. The van der Waals surface area contributed by atoms with Gasteiger partial charge >= 0.3 is 6.09 Å². The van der Waals surface area contributed by atoms with Crippen molar-refractivity contribution in [1.29, 1.82) is 0 Å². The molecule has 0 spiro atoms. The molecule has 136 valence electrons. The molecule has 4 heterocycles. The van der Waals surface area contributed by atoms with Gasteiger partial charge in [0.2, 0.25) is 0 Å². The fraction of sp³-hybridized carbons (Fsp3) is 0.118. The summed E-state index contributed by atoms with van der Waals surface area (Å²) in [4.78, 5) is 29.2. The van der Waals surface area contributed by atoms with Crippen molar-refractivity contribution >= 4 is 40.1 Å². The largest absolute Gasteiger partial charge is 0.432 e. The van der Waals surface area contributed by atoms with Crippen LogP contribution in [-0.2, 0) is 0 Å². The Morgan fingerprint density at radius 3 is 2.89 bits per heavy atom. The second-order valence-corrected chi connectivity index (χ2v) is 6.92. The number of carbonyl (C=O) groups is 1. The van der Waals surface area contributed by atoms with E-state index in [1.807, 2.05) is 19.1 Å². The molecule has 1 N–H and O–H groups in total. The first kappa shape index (κ1) is 17.4. The summed E-state index contributed by atoms with van der Waals surface area (Å²) in [5.41, 5.74) is 4.77. The summed E-state index contributed by atoms with van der Waals surface area (Å²) >= 11 is 7.17. The molecular weight excluding hydrogens is 388 g/mol. The highest BCUT2D eigenvalue weighted by molar-refractivity contribution is 7.13. The Bertz CT molecular complexity index is 1160. The molecule has 0 fully saturated rings. The maximum atomic E-state index is 12.3. The van der Waals surface area contributed by atoms with Crippen LogP contribution in [0.1, 0.15) is 11.3 Å². The number of ether oxygens (including phenoxy) is 1. The normalized spacial score (nSPS) is 10.9. The van der Waals surface area contributed by atoms with Gasteiger partial charge in [0.25, 0.3) is 0 Å². The van der Waals surface area contributed by atoms with Crippen LogP contribution in [0.4, 0.5) is 4.79 Å². The quantitative estimate of drug-likeness (QED) is 0.559. The van der Waals surface area contributed by atoms with Crippen LogP contribution in [0, 0.1) is 13.8 Å². The monoisotopic (exact) mass is 400 g/mol. The second-order valence-electron chi connectivity index (χ2n) is 5.68. The standard InChI is InChI=1S/C17H13ClN6O2S/c1-9-7-24(15-11(9)4-3-5-19-15)23-17(25)26-12-6-20-14(21-10(12)2)16-22-13(18)8-27-16/h3-8H,1-2H3,(H,23,25). The molecule has 0 aliphatic heterocycles. The summed E-state index contributed by atoms with van der Waals surface area (Å²) in [6.45, 7) is 3.66. The van der Waals surface area contributed by atoms with Gasteiger partial charge in [-0.25, -0.2) is 34.8 Å². The molecule has 0 saturated carbocycles. The van der Waals surface area contributed by atoms with E-state index in [0.717, 1.165) is 10.9 Å². The maximum Gasteiger partial charge on any atom is 0.432 e. The molecule has 8 nitrogen and oxygen atoms in total. The van der Waals surface area contributed by atoms with Crippen molar-refractivity contribution in [1.82, 2.24) is 24.6 Å². The molecule has 0 radical (unpaired) electrons. The van der Waals surface area contributed by atoms with Crippen LogP contribution < -0.4 is 10.2 Å². The third-order valence-electron chi connectivity index (χ3n) is 3.78. The van der Waals surface area contributed by atoms with Gasteiger partial charge in [-0.15, -0.1) is 11.3 Å². The van der Waals surface area contributed by atoms with Gasteiger partial charge in [0.15, 0.2) is 22.2 Å². The lowest BCUT2D eigenvalue weighted by Crippen LogP contribution is -2.26. The highest BCUT2D eigenvalue weighted by Crippen LogP contribution is 2.25. The van der Waals surface area contributed by atoms with E-state index in [0.29, 0.717) is 27.3 Å². The van der Waals surface area contributed by atoms with Crippen molar-refractivity contribution in [3.63, 3.8) is 0 Å². The minimum Gasteiger partial charge on any atom is -0.406 e. The summed E-state index contributed by atoms with van der Waals surface area (Å²) < 4.78 is 6.86. The summed E-state index contributed by atoms with van der Waals surface area (Å²) in [5, 5.41) is 3.63. The number of aryl methyl sites for hydroxylation is 2. The Morgan fingerprint density at radius 1 is 1.30 bits per heavy atom. The molecular formula is C17H13ClN6O2S. The average molecular weight is 401 g/mol. The van der Waals surface area contributed by atoms with Gasteiger partial charge in [-0.2, -0.15) is 0 Å². The van der Waals surface area contributed by atoms with E-state index in [1.54, 1.807) is 24.7 Å². The Hall–Kier alpha value is -3.04. The molecule has 1 amide bonds. The van der Waals surface area contributed by atoms with Crippen molar-refractivity contribution in [3.8, 4) is 16.6 Å². The van der Waals surface area contributed by atoms with Gasteiger partial charge in [-0.1, -0.05) is 11.6 Å². The number of amides is 1. The molecule has 0 aromatic carbocycles. The third-order valence-corrected chi connectivity index (χ3v) is 4.94. The Morgan fingerprint density at radius 2 is 2.15 bits per heavy atom. The van der Waals surface area contributed by atoms with Gasteiger partial charge in [0, 0.05) is 23.2 Å². The number of aromatic nitrogens is 5. The minimum absolute atomic E-state index is 0.250. The van der Waals surface area contributed by atoms with Crippen LogP contribution in [0.2, 0.25) is 5.15 Å². The van der Waals surface area contributed by atoms with Crippen molar-refractivity contribution in [2.75, 3.05) is 5.43 Å². The van der Waals surface area contributed by atoms with Gasteiger partial charge in [0.1, 0.15) is 5.15 Å². The molecule has 0 unspecified atom stereocenters. The third kappa shape index (κ3) is 3.46. The van der Waals surface area contributed by atoms with E-state index in [4.69, 9.17) is 16.3 Å². The van der Waals surface area contributed by atoms with E-state index < -0.39 is 6.09 Å². The highest BCUT2D eigenvalue weighted by Gasteiger charge is 2.14. The summed E-state index contributed by atoms with van der Waals surface area (Å²) in [5.74, 6) is 0.674. The molecule has 0 bridgehead atoms. The molecule has 4 rings (SSSR count). The van der Waals surface area contributed by atoms with Gasteiger partial charge in [-0.05, 0) is 31.5 Å². The fourth-order valence-corrected chi connectivity index (χ4v) is 3.43. The van der Waals surface area contributed by atoms with E-state index in [1.165, 1.54) is 22.2 Å². The number of fused-ring (bicyclic) bond motifs is 1. The molecule has 10 heteroatoms. The first-order chi connectivity index (χ1) is 13.0. The molecule has 0 aliphatic rings. The maximum absolute atomic E-state index is 12.3. The Kier molecular flexibility index (Phi) is 4.46. The lowest BCUT2D eigenvalue weighted by Gasteiger charge is -2.09. The lowest BCUT2D eigenvalue weighted by atomic mass is 10.2. The van der Waals surface area contributed by atoms with Crippen molar-refractivity contribution in [2.24, 2.45) is 0 Å². The van der Waals surface area contributed by atoms with Crippen LogP contribution in [0.3, 0.4) is 0 Å². The molecule has 27 heavy (non-hydrogen) atoms. The van der Waals surface area contributed by atoms with Gasteiger partial charge in [0.05, 0.1) is 11.9 Å². The van der Waals surface area contributed by atoms with Crippen molar-refractivity contribution in [2.45, 2.75) is 13.8 Å². The number of nitrogens with zero attached hydrogens (tertiary/aromatic N) is 5. The zero-order valence-electron chi connectivity index (χ0n) is 14.3. The van der Waals surface area contributed by atoms with Crippen LogP contribution in [0.25, 0.3) is 21.9 Å². The van der Waals surface area contributed by atoms with Crippen LogP contribution in [-0.4, -0.2) is 30.7 Å². The molecule has 4 aromatic rings. The summed E-state index contributed by atoms with van der Waals surface area (Å²) in [7, 11) is 0. The molecule has 0 aliphatic carbocycles. The smallest absolute Gasteiger partial charge is 0.406 e. The van der Waals surface area contributed by atoms with Crippen molar-refractivity contribution in [3.05, 3.63) is 52.5 Å². The van der Waals surface area contributed by atoms with Crippen LogP contribution in [0.15, 0.2) is 36.1 Å². The zero-order chi connectivity index (χ0) is 19.0. The Labute approximate surface area is 162 Å². The highest BCUT2D eigenvalue weighted by atomic mass is 35.5. The number of carbonyl (C=O) groups excluding carboxylic acids is 1. The van der Waals surface area contributed by atoms with Gasteiger partial charge < -0.3 is 4.74 Å². The molecule has 4 aromatic heterocycles. The van der Waals surface area contributed by atoms with Crippen LogP contribution >= 0.6 is 22.9 Å². The van der Waals surface area contributed by atoms with E-state index in [9.17, 15) is 4.79 Å². The van der Waals surface area contributed by atoms with E-state index in [-0.39, 0.29) is 5.75 Å². The van der Waals surface area contributed by atoms with Gasteiger partial charge in [-0.3, -0.25) is 0 Å². The number of hydrogen-bond donors (Lipinski definition) is 1. The minimum atomic E-state index is -0.672. The summed E-state index contributed by atoms with van der Waals surface area (Å²) in [6.07, 6.45) is 4.20. The predicted octanol–water partition coefficient (Wildman–Crippen LogP) is 3.96. The lowest BCUT2D eigenvalue weighted by molar-refractivity contribution is 0.211. The Balaban J connectivity index is 1.52. The number of pyridine rings is 1. The SMILES string of the molecule is Cc1nc(-c2nc(Cl)cs2)ncc1OC(=O)Nn1cc(C)c2cccnc21. The molecule has 0 atom stereocenters. The molecule has 0 saturated heterocycles.